The molecule has 0 amide bonds. The lowest BCUT2D eigenvalue weighted by atomic mass is 10.0. The number of hydrogen-bond acceptors (Lipinski definition) is 3. The summed E-state index contributed by atoms with van der Waals surface area (Å²) in [6.45, 7) is 6.23. The van der Waals surface area contributed by atoms with Crippen LogP contribution in [0.4, 0.5) is 0 Å². The fourth-order valence-electron chi connectivity index (χ4n) is 1.43. The number of nitrogens with two attached hydrogens (primary N) is 1. The molecule has 0 saturated heterocycles. The summed E-state index contributed by atoms with van der Waals surface area (Å²) in [5.74, 6) is 0. The van der Waals surface area contributed by atoms with Gasteiger partial charge >= 0.3 is 0 Å². The molecule has 2 nitrogen and oxygen atoms in total. The number of aryl methyl sites for hydroxylation is 1. The van der Waals surface area contributed by atoms with Gasteiger partial charge in [0, 0.05) is 0 Å². The zero-order valence-electron chi connectivity index (χ0n) is 9.37. The van der Waals surface area contributed by atoms with Crippen LogP contribution in [0.5, 0.6) is 0 Å². The highest BCUT2D eigenvalue weighted by atomic mass is 32.1. The standard InChI is InChI=1S/C12H16N2S/c1-4-12(3,13)11-14-9-6-5-8(2)7-10(9)15-11/h5-7H,4,13H2,1-3H3. The van der Waals surface area contributed by atoms with Gasteiger partial charge in [0.2, 0.25) is 0 Å². The van der Waals surface area contributed by atoms with Crippen molar-refractivity contribution in [1.82, 2.24) is 4.98 Å². The lowest BCUT2D eigenvalue weighted by molar-refractivity contribution is 0.474. The molecule has 0 aliphatic heterocycles. The van der Waals surface area contributed by atoms with Gasteiger partial charge in [-0.05, 0) is 38.0 Å². The Hall–Kier alpha value is -0.930. The number of fused-ring (bicyclic) bond motifs is 1. The molecule has 2 rings (SSSR count). The number of nitrogens with zero attached hydrogens (tertiary/aromatic N) is 1. The van der Waals surface area contributed by atoms with E-state index in [9.17, 15) is 0 Å². The molecule has 1 aromatic heterocycles. The highest BCUT2D eigenvalue weighted by Gasteiger charge is 2.22. The summed E-state index contributed by atoms with van der Waals surface area (Å²) < 4.78 is 1.23. The van der Waals surface area contributed by atoms with E-state index >= 15 is 0 Å². The van der Waals surface area contributed by atoms with Crippen LogP contribution in [0.1, 0.15) is 30.8 Å². The van der Waals surface area contributed by atoms with Crippen LogP contribution in [0, 0.1) is 6.92 Å². The molecule has 80 valence electrons. The van der Waals surface area contributed by atoms with Gasteiger partial charge < -0.3 is 5.73 Å². The van der Waals surface area contributed by atoms with Crippen molar-refractivity contribution in [2.45, 2.75) is 32.7 Å². The van der Waals surface area contributed by atoms with Gasteiger partial charge in [0.15, 0.2) is 0 Å². The maximum absolute atomic E-state index is 6.19. The molecule has 0 radical (unpaired) electrons. The monoisotopic (exact) mass is 220 g/mol. The topological polar surface area (TPSA) is 38.9 Å². The first kappa shape index (κ1) is 10.6. The van der Waals surface area contributed by atoms with E-state index in [-0.39, 0.29) is 5.54 Å². The van der Waals surface area contributed by atoms with E-state index in [1.54, 1.807) is 11.3 Å². The van der Waals surface area contributed by atoms with Crippen molar-refractivity contribution in [3.63, 3.8) is 0 Å². The van der Waals surface area contributed by atoms with Crippen molar-refractivity contribution >= 4 is 21.6 Å². The van der Waals surface area contributed by atoms with Gasteiger partial charge in [-0.3, -0.25) is 0 Å². The molecule has 0 aliphatic rings. The molecule has 2 N–H and O–H groups in total. The van der Waals surface area contributed by atoms with Crippen molar-refractivity contribution in [2.75, 3.05) is 0 Å². The van der Waals surface area contributed by atoms with Gasteiger partial charge in [0.05, 0.1) is 15.8 Å². The van der Waals surface area contributed by atoms with Crippen molar-refractivity contribution in [3.05, 3.63) is 28.8 Å². The van der Waals surface area contributed by atoms with Crippen LogP contribution in [0.15, 0.2) is 18.2 Å². The third kappa shape index (κ3) is 1.90. The smallest absolute Gasteiger partial charge is 0.113 e. The Labute approximate surface area is 94.1 Å². The average Bonchev–Trinajstić information content (AvgIpc) is 2.61. The van der Waals surface area contributed by atoms with E-state index in [2.05, 4.69) is 37.0 Å². The number of aromatic nitrogens is 1. The van der Waals surface area contributed by atoms with Crippen LogP contribution in [0.2, 0.25) is 0 Å². The lowest BCUT2D eigenvalue weighted by Crippen LogP contribution is -2.31. The summed E-state index contributed by atoms with van der Waals surface area (Å²) in [7, 11) is 0. The SMILES string of the molecule is CCC(C)(N)c1nc2ccc(C)cc2s1. The summed E-state index contributed by atoms with van der Waals surface area (Å²) in [4.78, 5) is 4.59. The van der Waals surface area contributed by atoms with Crippen molar-refractivity contribution in [2.24, 2.45) is 5.73 Å². The Balaban J connectivity index is 2.56. The summed E-state index contributed by atoms with van der Waals surface area (Å²) in [6.07, 6.45) is 0.909. The molecule has 0 bridgehead atoms. The first-order chi connectivity index (χ1) is 7.03. The third-order valence-electron chi connectivity index (χ3n) is 2.77. The van der Waals surface area contributed by atoms with Crippen molar-refractivity contribution < 1.29 is 0 Å². The molecule has 1 heterocycles. The molecule has 0 fully saturated rings. The molecule has 0 aliphatic carbocycles. The normalized spacial score (nSPS) is 15.5. The summed E-state index contributed by atoms with van der Waals surface area (Å²) >= 11 is 1.71. The Kier molecular flexibility index (Phi) is 2.52. The largest absolute Gasteiger partial charge is 0.320 e. The summed E-state index contributed by atoms with van der Waals surface area (Å²) in [5.41, 5.74) is 8.23. The summed E-state index contributed by atoms with van der Waals surface area (Å²) in [5, 5.41) is 1.03. The van der Waals surface area contributed by atoms with Crippen LogP contribution in [-0.2, 0) is 5.54 Å². The molecule has 3 heteroatoms. The second kappa shape index (κ2) is 3.58. The maximum atomic E-state index is 6.19. The number of thiazole rings is 1. The molecule has 1 unspecified atom stereocenters. The Bertz CT molecular complexity index is 485. The van der Waals surface area contributed by atoms with E-state index in [0.29, 0.717) is 0 Å². The minimum absolute atomic E-state index is 0.294. The van der Waals surface area contributed by atoms with E-state index < -0.39 is 0 Å². The first-order valence-electron chi connectivity index (χ1n) is 5.19. The predicted molar refractivity (Wildman–Crippen MR) is 66.2 cm³/mol. The number of rotatable bonds is 2. The number of benzene rings is 1. The van der Waals surface area contributed by atoms with Crippen LogP contribution in [0.3, 0.4) is 0 Å². The second-order valence-corrected chi connectivity index (χ2v) is 5.29. The zero-order valence-corrected chi connectivity index (χ0v) is 10.2. The van der Waals surface area contributed by atoms with Gasteiger partial charge in [0.25, 0.3) is 0 Å². The van der Waals surface area contributed by atoms with Gasteiger partial charge in [0.1, 0.15) is 5.01 Å². The van der Waals surface area contributed by atoms with Gasteiger partial charge in [-0.1, -0.05) is 13.0 Å². The molecular formula is C12H16N2S. The lowest BCUT2D eigenvalue weighted by Gasteiger charge is -2.18. The predicted octanol–water partition coefficient (Wildman–Crippen LogP) is 3.19. The average molecular weight is 220 g/mol. The number of hydrogen-bond donors (Lipinski definition) is 1. The molecule has 2 aromatic rings. The van der Waals surface area contributed by atoms with E-state index in [1.165, 1.54) is 10.3 Å². The third-order valence-corrected chi connectivity index (χ3v) is 4.06. The molecule has 1 atom stereocenters. The van der Waals surface area contributed by atoms with Gasteiger partial charge in [-0.15, -0.1) is 11.3 Å². The van der Waals surface area contributed by atoms with Crippen LogP contribution in [-0.4, -0.2) is 4.98 Å². The van der Waals surface area contributed by atoms with Gasteiger partial charge in [-0.25, -0.2) is 4.98 Å². The molecule has 15 heavy (non-hydrogen) atoms. The van der Waals surface area contributed by atoms with Crippen LogP contribution < -0.4 is 5.73 Å². The van der Waals surface area contributed by atoms with Crippen molar-refractivity contribution in [1.29, 1.82) is 0 Å². The molecule has 0 saturated carbocycles. The minimum Gasteiger partial charge on any atom is -0.320 e. The quantitative estimate of drug-likeness (QED) is 0.844. The molecular weight excluding hydrogens is 204 g/mol. The fraction of sp³-hybridized carbons (Fsp3) is 0.417. The van der Waals surface area contributed by atoms with E-state index in [4.69, 9.17) is 5.73 Å². The molecule has 0 spiro atoms. The first-order valence-corrected chi connectivity index (χ1v) is 6.01. The Morgan fingerprint density at radius 3 is 2.87 bits per heavy atom. The fourth-order valence-corrected chi connectivity index (χ4v) is 2.62. The van der Waals surface area contributed by atoms with Crippen molar-refractivity contribution in [3.8, 4) is 0 Å². The Morgan fingerprint density at radius 2 is 2.20 bits per heavy atom. The highest BCUT2D eigenvalue weighted by Crippen LogP contribution is 2.30. The Morgan fingerprint density at radius 1 is 1.47 bits per heavy atom. The second-order valence-electron chi connectivity index (χ2n) is 4.26. The maximum Gasteiger partial charge on any atom is 0.113 e. The van der Waals surface area contributed by atoms with Crippen LogP contribution in [0.25, 0.3) is 10.2 Å². The zero-order chi connectivity index (χ0) is 11.1. The summed E-state index contributed by atoms with van der Waals surface area (Å²) in [6, 6.07) is 6.32. The minimum atomic E-state index is -0.294. The highest BCUT2D eigenvalue weighted by molar-refractivity contribution is 7.18. The van der Waals surface area contributed by atoms with E-state index in [1.807, 2.05) is 6.92 Å². The molecule has 1 aromatic carbocycles. The van der Waals surface area contributed by atoms with Gasteiger partial charge in [-0.2, -0.15) is 0 Å². The van der Waals surface area contributed by atoms with Crippen LogP contribution >= 0.6 is 11.3 Å². The van der Waals surface area contributed by atoms with E-state index in [0.717, 1.165) is 16.9 Å².